The van der Waals surface area contributed by atoms with Crippen molar-refractivity contribution < 1.29 is 17.6 Å². The third kappa shape index (κ3) is 3.96. The van der Waals surface area contributed by atoms with Crippen molar-refractivity contribution >= 4 is 27.1 Å². The lowest BCUT2D eigenvalue weighted by Gasteiger charge is -2.06. The van der Waals surface area contributed by atoms with Crippen molar-refractivity contribution in [1.29, 1.82) is 0 Å². The molecule has 0 atom stereocenters. The number of thiophene rings is 1. The number of carbonyl (C=O) groups excluding carboxylic acids is 1. The van der Waals surface area contributed by atoms with E-state index < -0.39 is 15.8 Å². The summed E-state index contributed by atoms with van der Waals surface area (Å²) in [5.74, 6) is -0.793. The van der Waals surface area contributed by atoms with E-state index in [9.17, 15) is 17.6 Å². The lowest BCUT2D eigenvalue weighted by Crippen LogP contribution is -2.26. The molecular formula is C14H14FNO3S2. The first-order valence-electron chi connectivity index (χ1n) is 6.24. The Morgan fingerprint density at radius 3 is 2.57 bits per heavy atom. The molecule has 1 N–H and O–H groups in total. The van der Waals surface area contributed by atoms with Crippen LogP contribution in [-0.4, -0.2) is 20.7 Å². The van der Waals surface area contributed by atoms with Gasteiger partial charge in [0, 0.05) is 11.4 Å². The molecule has 0 bridgehead atoms. The van der Waals surface area contributed by atoms with E-state index in [1.54, 1.807) is 12.1 Å². The summed E-state index contributed by atoms with van der Waals surface area (Å²) in [4.78, 5) is 12.4. The summed E-state index contributed by atoms with van der Waals surface area (Å²) in [7, 11) is -3.86. The molecule has 0 aliphatic heterocycles. The van der Waals surface area contributed by atoms with Gasteiger partial charge in [0.05, 0.1) is 4.88 Å². The molecule has 4 nitrogen and oxygen atoms in total. The van der Waals surface area contributed by atoms with Gasteiger partial charge in [-0.2, -0.15) is 0 Å². The molecule has 0 unspecified atom stereocenters. The molecule has 7 heteroatoms. The summed E-state index contributed by atoms with van der Waals surface area (Å²) < 4.78 is 39.7. The van der Waals surface area contributed by atoms with Crippen molar-refractivity contribution in [2.75, 3.05) is 6.54 Å². The zero-order valence-electron chi connectivity index (χ0n) is 11.3. The van der Waals surface area contributed by atoms with Crippen molar-refractivity contribution in [3.63, 3.8) is 0 Å². The molecule has 1 heterocycles. The zero-order valence-corrected chi connectivity index (χ0v) is 12.9. The van der Waals surface area contributed by atoms with Gasteiger partial charge in [0.2, 0.25) is 10.0 Å². The lowest BCUT2D eigenvalue weighted by molar-refractivity contribution is 0.102. The number of sulfonamides is 1. The standard InChI is InChI=1S/C14H14FNO3S2/c1-10(17)13-7-6-11(20-13)8-9-16-21(18,19)14-5-3-2-4-12(14)15/h2-7,16H,8-9H2,1H3. The van der Waals surface area contributed by atoms with Crippen molar-refractivity contribution in [3.8, 4) is 0 Å². The molecular weight excluding hydrogens is 313 g/mol. The third-order valence-corrected chi connectivity index (χ3v) is 5.54. The number of hydrogen-bond acceptors (Lipinski definition) is 4. The molecule has 0 aliphatic rings. The summed E-state index contributed by atoms with van der Waals surface area (Å²) in [6.07, 6.45) is 0.450. The molecule has 1 aromatic carbocycles. The second-order valence-electron chi connectivity index (χ2n) is 4.40. The summed E-state index contributed by atoms with van der Waals surface area (Å²) in [5.41, 5.74) is 0. The van der Waals surface area contributed by atoms with Gasteiger partial charge in [-0.15, -0.1) is 11.3 Å². The Kier molecular flexibility index (Phi) is 4.87. The quantitative estimate of drug-likeness (QED) is 0.830. The van der Waals surface area contributed by atoms with Gasteiger partial charge in [0.25, 0.3) is 0 Å². The maximum atomic E-state index is 13.5. The van der Waals surface area contributed by atoms with Gasteiger partial charge in [0.15, 0.2) is 5.78 Å². The van der Waals surface area contributed by atoms with Gasteiger partial charge in [0.1, 0.15) is 10.7 Å². The minimum Gasteiger partial charge on any atom is -0.294 e. The van der Waals surface area contributed by atoms with Gasteiger partial charge in [-0.05, 0) is 37.6 Å². The Labute approximate surface area is 126 Å². The minimum absolute atomic E-state index is 0.0156. The first-order valence-corrected chi connectivity index (χ1v) is 8.54. The van der Waals surface area contributed by atoms with Crippen LogP contribution in [0.2, 0.25) is 0 Å². The topological polar surface area (TPSA) is 63.2 Å². The van der Waals surface area contributed by atoms with Crippen molar-refractivity contribution in [2.45, 2.75) is 18.2 Å². The van der Waals surface area contributed by atoms with E-state index in [1.165, 1.54) is 36.5 Å². The van der Waals surface area contributed by atoms with Crippen LogP contribution in [0.4, 0.5) is 4.39 Å². The highest BCUT2D eigenvalue weighted by Gasteiger charge is 2.17. The molecule has 0 spiro atoms. The SMILES string of the molecule is CC(=O)c1ccc(CCNS(=O)(=O)c2ccccc2F)s1. The van der Waals surface area contributed by atoms with E-state index >= 15 is 0 Å². The predicted molar refractivity (Wildman–Crippen MR) is 79.6 cm³/mol. The first-order chi connectivity index (χ1) is 9.90. The number of halogens is 1. The summed E-state index contributed by atoms with van der Waals surface area (Å²) in [6.45, 7) is 1.63. The second-order valence-corrected chi connectivity index (χ2v) is 7.30. The van der Waals surface area contributed by atoms with Gasteiger partial charge in [-0.25, -0.2) is 17.5 Å². The Balaban J connectivity index is 1.99. The fraction of sp³-hybridized carbons (Fsp3) is 0.214. The molecule has 0 saturated carbocycles. The van der Waals surface area contributed by atoms with E-state index in [2.05, 4.69) is 4.72 Å². The van der Waals surface area contributed by atoms with Crippen LogP contribution in [0.25, 0.3) is 0 Å². The fourth-order valence-electron chi connectivity index (χ4n) is 1.75. The Morgan fingerprint density at radius 1 is 1.24 bits per heavy atom. The van der Waals surface area contributed by atoms with Crippen LogP contribution in [0.5, 0.6) is 0 Å². The molecule has 1 aromatic heterocycles. The van der Waals surface area contributed by atoms with E-state index in [4.69, 9.17) is 0 Å². The van der Waals surface area contributed by atoms with Crippen LogP contribution < -0.4 is 4.72 Å². The number of nitrogens with one attached hydrogen (secondary N) is 1. The Morgan fingerprint density at radius 2 is 1.95 bits per heavy atom. The number of Topliss-reactive ketones (excluding diaryl/α,β-unsaturated/α-hetero) is 1. The average Bonchev–Trinajstić information content (AvgIpc) is 2.88. The molecule has 0 saturated heterocycles. The summed E-state index contributed by atoms with van der Waals surface area (Å²) >= 11 is 1.33. The lowest BCUT2D eigenvalue weighted by atomic mass is 10.3. The number of carbonyl (C=O) groups is 1. The van der Waals surface area contributed by atoms with Crippen LogP contribution in [0.15, 0.2) is 41.3 Å². The monoisotopic (exact) mass is 327 g/mol. The first kappa shape index (κ1) is 15.8. The zero-order chi connectivity index (χ0) is 15.5. The maximum Gasteiger partial charge on any atom is 0.243 e. The van der Waals surface area contributed by atoms with Gasteiger partial charge >= 0.3 is 0 Å². The van der Waals surface area contributed by atoms with E-state index in [0.717, 1.165) is 10.9 Å². The molecule has 21 heavy (non-hydrogen) atoms. The molecule has 0 radical (unpaired) electrons. The van der Waals surface area contributed by atoms with Gasteiger partial charge in [-0.1, -0.05) is 12.1 Å². The number of hydrogen-bond donors (Lipinski definition) is 1. The minimum atomic E-state index is -3.86. The molecule has 0 amide bonds. The Bertz CT molecular complexity index is 753. The van der Waals surface area contributed by atoms with Crippen LogP contribution in [0.3, 0.4) is 0 Å². The van der Waals surface area contributed by atoms with Crippen LogP contribution in [0.1, 0.15) is 21.5 Å². The summed E-state index contributed by atoms with van der Waals surface area (Å²) in [6, 6.07) is 8.73. The Hall–Kier alpha value is -1.57. The van der Waals surface area contributed by atoms with E-state index in [-0.39, 0.29) is 17.2 Å². The van der Waals surface area contributed by atoms with Gasteiger partial charge in [-0.3, -0.25) is 4.79 Å². The van der Waals surface area contributed by atoms with Gasteiger partial charge < -0.3 is 0 Å². The van der Waals surface area contributed by atoms with Crippen molar-refractivity contribution in [2.24, 2.45) is 0 Å². The molecule has 112 valence electrons. The highest BCUT2D eigenvalue weighted by atomic mass is 32.2. The largest absolute Gasteiger partial charge is 0.294 e. The normalized spacial score (nSPS) is 11.5. The number of benzene rings is 1. The highest BCUT2D eigenvalue weighted by molar-refractivity contribution is 7.89. The van der Waals surface area contributed by atoms with Crippen LogP contribution in [0, 0.1) is 5.82 Å². The predicted octanol–water partition coefficient (Wildman–Crippen LogP) is 2.61. The van der Waals surface area contributed by atoms with Crippen molar-refractivity contribution in [1.82, 2.24) is 4.72 Å². The molecule has 0 fully saturated rings. The van der Waals surface area contributed by atoms with E-state index in [0.29, 0.717) is 11.3 Å². The smallest absolute Gasteiger partial charge is 0.243 e. The second kappa shape index (κ2) is 6.46. The molecule has 2 aromatic rings. The molecule has 0 aliphatic carbocycles. The third-order valence-electron chi connectivity index (χ3n) is 2.80. The van der Waals surface area contributed by atoms with Crippen molar-refractivity contribution in [3.05, 3.63) is 52.0 Å². The highest BCUT2D eigenvalue weighted by Crippen LogP contribution is 2.18. The maximum absolute atomic E-state index is 13.5. The van der Waals surface area contributed by atoms with E-state index in [1.807, 2.05) is 0 Å². The molecule has 2 rings (SSSR count). The summed E-state index contributed by atoms with van der Waals surface area (Å²) in [5, 5.41) is 0. The average molecular weight is 327 g/mol. The van der Waals surface area contributed by atoms with Crippen LogP contribution >= 0.6 is 11.3 Å². The van der Waals surface area contributed by atoms with Crippen LogP contribution in [-0.2, 0) is 16.4 Å². The fourth-order valence-corrected chi connectivity index (χ4v) is 3.76. The number of rotatable bonds is 6. The number of ketones is 1.